The molecule has 0 aliphatic carbocycles. The first-order valence-electron chi connectivity index (χ1n) is 6.59. The summed E-state index contributed by atoms with van der Waals surface area (Å²) in [6.45, 7) is 3.12. The minimum absolute atomic E-state index is 0.0228. The van der Waals surface area contributed by atoms with Gasteiger partial charge in [0.15, 0.2) is 0 Å². The highest BCUT2D eigenvalue weighted by Crippen LogP contribution is 2.05. The largest absolute Gasteiger partial charge is 0.463 e. The number of esters is 1. The van der Waals surface area contributed by atoms with Gasteiger partial charge in [0.1, 0.15) is 0 Å². The van der Waals surface area contributed by atoms with E-state index < -0.39 is 0 Å². The lowest BCUT2D eigenvalue weighted by atomic mass is 10.2. The van der Waals surface area contributed by atoms with Crippen molar-refractivity contribution in [2.45, 2.75) is 38.9 Å². The van der Waals surface area contributed by atoms with Crippen molar-refractivity contribution in [2.24, 2.45) is 0 Å². The molecule has 0 amide bonds. The normalized spacial score (nSPS) is 12.1. The highest BCUT2D eigenvalue weighted by molar-refractivity contribution is 14.1. The van der Waals surface area contributed by atoms with Crippen LogP contribution in [0, 0.1) is 0 Å². The van der Waals surface area contributed by atoms with E-state index >= 15 is 0 Å². The van der Waals surface area contributed by atoms with E-state index in [4.69, 9.17) is 9.47 Å². The number of ether oxygens (including phenoxy) is 2. The molecule has 0 radical (unpaired) electrons. The number of alkyl halides is 1. The Bertz CT molecular complexity index is 354. The first-order chi connectivity index (χ1) is 9.22. The van der Waals surface area contributed by atoms with E-state index in [9.17, 15) is 4.79 Å². The summed E-state index contributed by atoms with van der Waals surface area (Å²) in [7, 11) is 0. The van der Waals surface area contributed by atoms with Gasteiger partial charge < -0.3 is 9.47 Å². The van der Waals surface area contributed by atoms with Gasteiger partial charge >= 0.3 is 5.97 Å². The summed E-state index contributed by atoms with van der Waals surface area (Å²) in [6, 6.07) is 10.0. The molecule has 106 valence electrons. The number of hydrogen-bond acceptors (Lipinski definition) is 3. The average molecular weight is 376 g/mol. The Hall–Kier alpha value is -0.620. The van der Waals surface area contributed by atoms with Crippen LogP contribution in [-0.4, -0.2) is 23.1 Å². The second-order valence-corrected chi connectivity index (χ2v) is 5.50. The van der Waals surface area contributed by atoms with Crippen molar-refractivity contribution in [3.05, 3.63) is 35.9 Å². The van der Waals surface area contributed by atoms with Crippen molar-refractivity contribution in [3.63, 3.8) is 0 Å². The zero-order valence-corrected chi connectivity index (χ0v) is 13.5. The molecule has 1 aromatic rings. The molecule has 19 heavy (non-hydrogen) atoms. The smallest absolute Gasteiger partial charge is 0.306 e. The molecule has 4 heteroatoms. The number of halogens is 1. The molecule has 0 fully saturated rings. The fourth-order valence-electron chi connectivity index (χ4n) is 1.58. The second kappa shape index (κ2) is 10.2. The maximum absolute atomic E-state index is 11.5. The van der Waals surface area contributed by atoms with Crippen LogP contribution in [0.2, 0.25) is 0 Å². The highest BCUT2D eigenvalue weighted by Gasteiger charge is 2.08. The van der Waals surface area contributed by atoms with Crippen LogP contribution < -0.4 is 0 Å². The summed E-state index contributed by atoms with van der Waals surface area (Å²) in [5.41, 5.74) is 1.15. The van der Waals surface area contributed by atoms with Crippen molar-refractivity contribution in [1.82, 2.24) is 0 Å². The Labute approximate surface area is 128 Å². The molecule has 0 aliphatic rings. The molecule has 0 saturated heterocycles. The van der Waals surface area contributed by atoms with Crippen LogP contribution in [0.5, 0.6) is 0 Å². The lowest BCUT2D eigenvalue weighted by Crippen LogP contribution is -2.15. The van der Waals surface area contributed by atoms with Crippen molar-refractivity contribution in [1.29, 1.82) is 0 Å². The summed E-state index contributed by atoms with van der Waals surface area (Å²) in [6.07, 6.45) is 2.08. The number of benzene rings is 1. The maximum atomic E-state index is 11.5. The van der Waals surface area contributed by atoms with Gasteiger partial charge in [0.25, 0.3) is 0 Å². The Morgan fingerprint density at radius 1 is 1.32 bits per heavy atom. The molecule has 0 aromatic heterocycles. The van der Waals surface area contributed by atoms with Gasteiger partial charge in [-0.2, -0.15) is 0 Å². The second-order valence-electron chi connectivity index (χ2n) is 4.42. The van der Waals surface area contributed by atoms with Crippen molar-refractivity contribution in [3.8, 4) is 0 Å². The molecule has 1 atom stereocenters. The van der Waals surface area contributed by atoms with Crippen LogP contribution in [0.15, 0.2) is 30.3 Å². The summed E-state index contributed by atoms with van der Waals surface area (Å²) in [5, 5.41) is 0. The van der Waals surface area contributed by atoms with Crippen LogP contribution >= 0.6 is 22.6 Å². The summed E-state index contributed by atoms with van der Waals surface area (Å²) in [5.74, 6) is -0.124. The first-order valence-corrected chi connectivity index (χ1v) is 8.12. The van der Waals surface area contributed by atoms with Gasteiger partial charge in [-0.1, -0.05) is 52.9 Å². The van der Waals surface area contributed by atoms with Crippen LogP contribution in [0.1, 0.15) is 31.7 Å². The predicted molar refractivity (Wildman–Crippen MR) is 84.4 cm³/mol. The molecule has 0 N–H and O–H groups in total. The monoisotopic (exact) mass is 376 g/mol. The Balaban J connectivity index is 2.03. The zero-order chi connectivity index (χ0) is 13.9. The minimum atomic E-state index is -0.124. The molecule has 0 bridgehead atoms. The average Bonchev–Trinajstić information content (AvgIpc) is 2.39. The van der Waals surface area contributed by atoms with Crippen LogP contribution in [0.3, 0.4) is 0 Å². The summed E-state index contributed by atoms with van der Waals surface area (Å²) >= 11 is 2.28. The molecule has 0 saturated carbocycles. The van der Waals surface area contributed by atoms with Gasteiger partial charge in [-0.3, -0.25) is 4.79 Å². The van der Waals surface area contributed by atoms with E-state index in [0.29, 0.717) is 26.1 Å². The summed E-state index contributed by atoms with van der Waals surface area (Å²) in [4.78, 5) is 11.5. The van der Waals surface area contributed by atoms with E-state index in [1.54, 1.807) is 0 Å². The third-order valence-corrected chi connectivity index (χ3v) is 3.25. The molecule has 1 rings (SSSR count). The third-order valence-electron chi connectivity index (χ3n) is 2.63. The standard InChI is InChI=1S/C15H21IO3/c1-13(9-10-16)19-15(17)8-5-11-18-12-14-6-3-2-4-7-14/h2-4,6-7,13H,5,8-12H2,1H3/t13-/m1/s1. The molecule has 0 spiro atoms. The van der Waals surface area contributed by atoms with E-state index in [1.807, 2.05) is 37.3 Å². The molecule has 0 unspecified atom stereocenters. The Kier molecular flexibility index (Phi) is 8.82. The van der Waals surface area contributed by atoms with Crippen molar-refractivity contribution < 1.29 is 14.3 Å². The fraction of sp³-hybridized carbons (Fsp3) is 0.533. The number of hydrogen-bond donors (Lipinski definition) is 0. The van der Waals surface area contributed by atoms with Gasteiger partial charge in [0.05, 0.1) is 12.7 Å². The van der Waals surface area contributed by atoms with E-state index in [-0.39, 0.29) is 12.1 Å². The highest BCUT2D eigenvalue weighted by atomic mass is 127. The first kappa shape index (κ1) is 16.4. The van der Waals surface area contributed by atoms with Crippen LogP contribution in [0.25, 0.3) is 0 Å². The van der Waals surface area contributed by atoms with Crippen molar-refractivity contribution >= 4 is 28.6 Å². The fourth-order valence-corrected chi connectivity index (χ4v) is 2.46. The van der Waals surface area contributed by atoms with Crippen LogP contribution in [-0.2, 0) is 20.9 Å². The molecular formula is C15H21IO3. The quantitative estimate of drug-likeness (QED) is 0.285. The lowest BCUT2D eigenvalue weighted by molar-refractivity contribution is -0.148. The van der Waals surface area contributed by atoms with Gasteiger partial charge in [0, 0.05) is 17.5 Å². The van der Waals surface area contributed by atoms with Gasteiger partial charge in [-0.05, 0) is 25.3 Å². The third kappa shape index (κ3) is 8.21. The number of carbonyl (C=O) groups is 1. The molecule has 0 heterocycles. The van der Waals surface area contributed by atoms with E-state index in [0.717, 1.165) is 16.4 Å². The molecule has 3 nitrogen and oxygen atoms in total. The maximum Gasteiger partial charge on any atom is 0.306 e. The minimum Gasteiger partial charge on any atom is -0.463 e. The zero-order valence-electron chi connectivity index (χ0n) is 11.3. The molecule has 0 aliphatic heterocycles. The van der Waals surface area contributed by atoms with Gasteiger partial charge in [-0.15, -0.1) is 0 Å². The Morgan fingerprint density at radius 2 is 2.05 bits per heavy atom. The Morgan fingerprint density at radius 3 is 2.74 bits per heavy atom. The van der Waals surface area contributed by atoms with Gasteiger partial charge in [0.2, 0.25) is 0 Å². The predicted octanol–water partition coefficient (Wildman–Crippen LogP) is 3.74. The molecular weight excluding hydrogens is 355 g/mol. The number of carbonyl (C=O) groups excluding carboxylic acids is 1. The summed E-state index contributed by atoms with van der Waals surface area (Å²) < 4.78 is 11.8. The lowest BCUT2D eigenvalue weighted by Gasteiger charge is -2.11. The SMILES string of the molecule is C[C@H](CCI)OC(=O)CCCOCc1ccccc1. The van der Waals surface area contributed by atoms with Crippen LogP contribution in [0.4, 0.5) is 0 Å². The number of rotatable bonds is 9. The topological polar surface area (TPSA) is 35.5 Å². The van der Waals surface area contributed by atoms with E-state index in [2.05, 4.69) is 22.6 Å². The van der Waals surface area contributed by atoms with Crippen molar-refractivity contribution in [2.75, 3.05) is 11.0 Å². The van der Waals surface area contributed by atoms with E-state index in [1.165, 1.54) is 0 Å². The molecule has 1 aromatic carbocycles. The van der Waals surface area contributed by atoms with Gasteiger partial charge in [-0.25, -0.2) is 0 Å².